The smallest absolute Gasteiger partial charge is 0.0710 e. The maximum Gasteiger partial charge on any atom is 0.0710 e. The predicted molar refractivity (Wildman–Crippen MR) is 46.9 cm³/mol. The van der Waals surface area contributed by atoms with Crippen LogP contribution in [0.1, 0.15) is 0 Å². The summed E-state index contributed by atoms with van der Waals surface area (Å²) in [6.07, 6.45) is 0. The highest BCUT2D eigenvalue weighted by atomic mass is 79.9. The van der Waals surface area contributed by atoms with E-state index in [-0.39, 0.29) is 0 Å². The minimum atomic E-state index is 0.660. The summed E-state index contributed by atoms with van der Waals surface area (Å²) < 4.78 is 2.43. The molecule has 1 heterocycles. The number of hydrogen-bond acceptors (Lipinski definition) is 3. The highest BCUT2D eigenvalue weighted by Gasteiger charge is 1.94. The average Bonchev–Trinajstić information content (AvgIpc) is 2.17. The Morgan fingerprint density at radius 1 is 1.67 bits per heavy atom. The van der Waals surface area contributed by atoms with Crippen LogP contribution in [0.15, 0.2) is 20.1 Å². The van der Waals surface area contributed by atoms with Gasteiger partial charge in [-0.2, -0.15) is 0 Å². The van der Waals surface area contributed by atoms with Crippen molar-refractivity contribution in [3.63, 3.8) is 0 Å². The maximum absolute atomic E-state index is 5.32. The van der Waals surface area contributed by atoms with Crippen LogP contribution in [0, 0.1) is 0 Å². The van der Waals surface area contributed by atoms with Crippen molar-refractivity contribution in [2.45, 2.75) is 4.21 Å². The summed E-state index contributed by atoms with van der Waals surface area (Å²) in [5, 5.41) is 0. The molecule has 0 unspecified atom stereocenters. The van der Waals surface area contributed by atoms with Crippen LogP contribution < -0.4 is 5.73 Å². The number of nitrogens with two attached hydrogens (primary N) is 1. The second kappa shape index (κ2) is 3.61. The zero-order valence-corrected chi connectivity index (χ0v) is 7.85. The molecule has 0 atom stereocenters. The van der Waals surface area contributed by atoms with Crippen LogP contribution in [0.4, 0.5) is 0 Å². The first-order valence-electron chi connectivity index (χ1n) is 2.41. The van der Waals surface area contributed by atoms with E-state index in [0.29, 0.717) is 5.88 Å². The second-order valence-electron chi connectivity index (χ2n) is 1.37. The van der Waals surface area contributed by atoms with Gasteiger partial charge < -0.3 is 5.73 Å². The molecule has 0 aliphatic heterocycles. The minimum absolute atomic E-state index is 0.660. The van der Waals surface area contributed by atoms with Gasteiger partial charge in [-0.05, 0) is 28.1 Å². The molecule has 0 saturated heterocycles. The molecular weight excluding hydrogens is 218 g/mol. The molecule has 0 amide bonds. The Morgan fingerprint density at radius 2 is 2.44 bits per heavy atom. The van der Waals surface area contributed by atoms with E-state index in [4.69, 9.17) is 5.73 Å². The molecule has 0 aromatic carbocycles. The van der Waals surface area contributed by atoms with E-state index < -0.39 is 0 Å². The number of thiophene rings is 1. The Bertz CT molecular complexity index is 187. The molecule has 1 aromatic rings. The molecule has 0 aliphatic rings. The molecule has 1 rings (SSSR count). The average molecular weight is 224 g/mol. The van der Waals surface area contributed by atoms with Crippen molar-refractivity contribution in [3.8, 4) is 0 Å². The van der Waals surface area contributed by atoms with Gasteiger partial charge in [0.1, 0.15) is 0 Å². The quantitative estimate of drug-likeness (QED) is 0.617. The van der Waals surface area contributed by atoms with Gasteiger partial charge in [-0.1, -0.05) is 0 Å². The SMILES string of the molecule is NCSc1ccc(Br)s1. The molecule has 4 heteroatoms. The Morgan fingerprint density at radius 3 is 2.89 bits per heavy atom. The first kappa shape index (κ1) is 7.60. The number of halogens is 1. The summed E-state index contributed by atoms with van der Waals surface area (Å²) in [6, 6.07) is 4.09. The van der Waals surface area contributed by atoms with Gasteiger partial charge in [-0.3, -0.25) is 0 Å². The largest absolute Gasteiger partial charge is 0.322 e. The summed E-state index contributed by atoms with van der Waals surface area (Å²) in [5.41, 5.74) is 5.32. The summed E-state index contributed by atoms with van der Waals surface area (Å²) in [7, 11) is 0. The minimum Gasteiger partial charge on any atom is -0.322 e. The third kappa shape index (κ3) is 2.29. The molecule has 0 radical (unpaired) electrons. The number of thioether (sulfide) groups is 1. The van der Waals surface area contributed by atoms with Crippen LogP contribution in [0.3, 0.4) is 0 Å². The molecule has 1 nitrogen and oxygen atoms in total. The fraction of sp³-hybridized carbons (Fsp3) is 0.200. The first-order valence-corrected chi connectivity index (χ1v) is 5.00. The van der Waals surface area contributed by atoms with Crippen molar-refractivity contribution in [1.82, 2.24) is 0 Å². The van der Waals surface area contributed by atoms with Crippen LogP contribution in [0.25, 0.3) is 0 Å². The van der Waals surface area contributed by atoms with Crippen molar-refractivity contribution in [2.75, 3.05) is 5.88 Å². The van der Waals surface area contributed by atoms with Gasteiger partial charge >= 0.3 is 0 Å². The molecule has 0 fully saturated rings. The lowest BCUT2D eigenvalue weighted by atomic mass is 10.7. The van der Waals surface area contributed by atoms with Crippen molar-refractivity contribution < 1.29 is 0 Å². The predicted octanol–water partition coefficient (Wildman–Crippen LogP) is 2.52. The van der Waals surface area contributed by atoms with Crippen LogP contribution in [-0.4, -0.2) is 5.88 Å². The van der Waals surface area contributed by atoms with Crippen LogP contribution in [0.5, 0.6) is 0 Å². The van der Waals surface area contributed by atoms with E-state index in [9.17, 15) is 0 Å². The van der Waals surface area contributed by atoms with Gasteiger partial charge in [-0.25, -0.2) is 0 Å². The zero-order chi connectivity index (χ0) is 6.69. The molecule has 1 aromatic heterocycles. The molecule has 0 aliphatic carbocycles. The van der Waals surface area contributed by atoms with Gasteiger partial charge in [0, 0.05) is 5.88 Å². The third-order valence-electron chi connectivity index (χ3n) is 0.774. The van der Waals surface area contributed by atoms with E-state index in [1.165, 1.54) is 8.00 Å². The Hall–Kier alpha value is 0.490. The number of rotatable bonds is 2. The summed E-state index contributed by atoms with van der Waals surface area (Å²) in [5.74, 6) is 0.660. The summed E-state index contributed by atoms with van der Waals surface area (Å²) in [6.45, 7) is 0. The van der Waals surface area contributed by atoms with E-state index in [1.54, 1.807) is 23.1 Å². The summed E-state index contributed by atoms with van der Waals surface area (Å²) >= 11 is 6.74. The van der Waals surface area contributed by atoms with Crippen molar-refractivity contribution >= 4 is 39.0 Å². The lowest BCUT2D eigenvalue weighted by Gasteiger charge is -1.86. The first-order chi connectivity index (χ1) is 4.33. The monoisotopic (exact) mass is 223 g/mol. The second-order valence-corrected chi connectivity index (χ2v) is 5.15. The van der Waals surface area contributed by atoms with Gasteiger partial charge in [0.25, 0.3) is 0 Å². The fourth-order valence-corrected chi connectivity index (χ4v) is 2.94. The highest BCUT2D eigenvalue weighted by molar-refractivity contribution is 9.11. The standard InChI is InChI=1S/C5H6BrNS2/c6-4-1-2-5(9-4)8-3-7/h1-2H,3,7H2. The van der Waals surface area contributed by atoms with Crippen LogP contribution >= 0.6 is 39.0 Å². The molecule has 0 spiro atoms. The molecule has 0 bridgehead atoms. The molecule has 2 N–H and O–H groups in total. The lowest BCUT2D eigenvalue weighted by molar-refractivity contribution is 1.39. The number of hydrogen-bond donors (Lipinski definition) is 1. The fourth-order valence-electron chi connectivity index (χ4n) is 0.457. The summed E-state index contributed by atoms with van der Waals surface area (Å²) in [4.78, 5) is 0. The van der Waals surface area contributed by atoms with E-state index in [1.807, 2.05) is 6.07 Å². The van der Waals surface area contributed by atoms with Gasteiger partial charge in [0.15, 0.2) is 0 Å². The molecule has 9 heavy (non-hydrogen) atoms. The molecule has 50 valence electrons. The third-order valence-corrected chi connectivity index (χ3v) is 3.38. The topological polar surface area (TPSA) is 26.0 Å². The van der Waals surface area contributed by atoms with Crippen LogP contribution in [-0.2, 0) is 0 Å². The Labute approximate surface area is 70.8 Å². The normalized spacial score (nSPS) is 10.0. The lowest BCUT2D eigenvalue weighted by Crippen LogP contribution is -1.89. The highest BCUT2D eigenvalue weighted by Crippen LogP contribution is 2.29. The van der Waals surface area contributed by atoms with Crippen molar-refractivity contribution in [1.29, 1.82) is 0 Å². The molecular formula is C5H6BrNS2. The van der Waals surface area contributed by atoms with Gasteiger partial charge in [-0.15, -0.1) is 23.1 Å². The van der Waals surface area contributed by atoms with Crippen molar-refractivity contribution in [3.05, 3.63) is 15.9 Å². The Kier molecular flexibility index (Phi) is 3.04. The zero-order valence-electron chi connectivity index (χ0n) is 4.63. The maximum atomic E-state index is 5.32. The van der Waals surface area contributed by atoms with Gasteiger partial charge in [0.2, 0.25) is 0 Å². The van der Waals surface area contributed by atoms with Crippen LogP contribution in [0.2, 0.25) is 0 Å². The van der Waals surface area contributed by atoms with Gasteiger partial charge in [0.05, 0.1) is 8.00 Å². The van der Waals surface area contributed by atoms with E-state index >= 15 is 0 Å². The molecule has 0 saturated carbocycles. The Balaban J connectivity index is 2.61. The van der Waals surface area contributed by atoms with E-state index in [2.05, 4.69) is 22.0 Å². The van der Waals surface area contributed by atoms with E-state index in [0.717, 1.165) is 0 Å². The van der Waals surface area contributed by atoms with Crippen molar-refractivity contribution in [2.24, 2.45) is 5.73 Å².